The van der Waals surface area contributed by atoms with Crippen LogP contribution >= 0.6 is 0 Å². The van der Waals surface area contributed by atoms with Crippen LogP contribution in [-0.2, 0) is 84.8 Å². The third-order valence-electron chi connectivity index (χ3n) is 18.6. The Bertz CT molecular complexity index is 3490. The molecule has 0 bridgehead atoms. The van der Waals surface area contributed by atoms with Crippen molar-refractivity contribution in [1.29, 1.82) is 5.41 Å². The lowest BCUT2D eigenvalue weighted by Gasteiger charge is -2.33. The smallest absolute Gasteiger partial charge is 0.326 e. The van der Waals surface area contributed by atoms with Gasteiger partial charge in [0.1, 0.15) is 78.0 Å². The van der Waals surface area contributed by atoms with E-state index >= 15 is 4.79 Å². The fourth-order valence-electron chi connectivity index (χ4n) is 12.6. The van der Waals surface area contributed by atoms with E-state index in [1.165, 1.54) is 58.3 Å². The number of rotatable bonds is 47. The Balaban J connectivity index is 1.63. The van der Waals surface area contributed by atoms with Crippen LogP contribution in [0, 0.1) is 23.2 Å². The van der Waals surface area contributed by atoms with Crippen molar-refractivity contribution in [1.82, 2.24) is 63.0 Å². The van der Waals surface area contributed by atoms with Crippen molar-refractivity contribution < 1.29 is 97.5 Å². The van der Waals surface area contributed by atoms with Gasteiger partial charge in [-0.3, -0.25) is 72.5 Å². The minimum absolute atomic E-state index is 0.00324. The molecule has 2 aliphatic rings. The molecule has 604 valence electrons. The van der Waals surface area contributed by atoms with E-state index in [0.29, 0.717) is 24.0 Å². The van der Waals surface area contributed by atoms with Crippen LogP contribution in [0.4, 0.5) is 0 Å². The van der Waals surface area contributed by atoms with Crippen molar-refractivity contribution in [3.8, 4) is 11.5 Å². The van der Waals surface area contributed by atoms with Crippen molar-refractivity contribution >= 4 is 94.8 Å². The predicted molar refractivity (Wildman–Crippen MR) is 394 cm³/mol. The first kappa shape index (κ1) is 90.7. The minimum atomic E-state index is -1.93. The van der Waals surface area contributed by atoms with Gasteiger partial charge in [-0.15, -0.1) is 0 Å². The number of carboxylic acids is 3. The molecule has 13 atom stereocenters. The molecule has 37 nitrogen and oxygen atoms in total. The van der Waals surface area contributed by atoms with Gasteiger partial charge in [0.05, 0.1) is 12.5 Å². The van der Waals surface area contributed by atoms with E-state index in [2.05, 4.69) is 53.2 Å². The molecule has 4 rings (SSSR count). The second-order valence-corrected chi connectivity index (χ2v) is 28.5. The first-order chi connectivity index (χ1) is 51.4. The summed E-state index contributed by atoms with van der Waals surface area (Å²) in [7, 11) is 0. The quantitative estimate of drug-likeness (QED) is 0.0190. The van der Waals surface area contributed by atoms with E-state index in [-0.39, 0.29) is 133 Å². The normalized spacial score (nSPS) is 17.0. The summed E-state index contributed by atoms with van der Waals surface area (Å²) in [4.78, 5) is 209. The maximum Gasteiger partial charge on any atom is 0.326 e. The van der Waals surface area contributed by atoms with Crippen LogP contribution in [0.2, 0.25) is 0 Å². The Hall–Kier alpha value is -10.7. The van der Waals surface area contributed by atoms with Crippen LogP contribution in [0.25, 0.3) is 0 Å². The van der Waals surface area contributed by atoms with Gasteiger partial charge in [0.25, 0.3) is 0 Å². The summed E-state index contributed by atoms with van der Waals surface area (Å²) in [6, 6.07) is -6.32. The van der Waals surface area contributed by atoms with Crippen LogP contribution < -0.4 is 76.1 Å². The molecule has 2 heterocycles. The van der Waals surface area contributed by atoms with Crippen molar-refractivity contribution in [2.45, 2.75) is 236 Å². The van der Waals surface area contributed by atoms with E-state index in [0.717, 1.165) is 0 Å². The fraction of sp³-hybridized carbons (Fsp3) is 0.611. The summed E-state index contributed by atoms with van der Waals surface area (Å²) in [5, 5.41) is 82.5. The third kappa shape index (κ3) is 30.8. The zero-order valence-electron chi connectivity index (χ0n) is 62.6. The third-order valence-corrected chi connectivity index (χ3v) is 18.6. The number of hydrogen-bond donors (Lipinski definition) is 20. The molecule has 2 aromatic carbocycles. The van der Waals surface area contributed by atoms with E-state index in [4.69, 9.17) is 33.5 Å². The van der Waals surface area contributed by atoms with Gasteiger partial charge in [0, 0.05) is 45.3 Å². The molecule has 0 spiro atoms. The molecule has 2 saturated heterocycles. The van der Waals surface area contributed by atoms with Crippen molar-refractivity contribution in [3.05, 3.63) is 59.7 Å². The SMILES string of the molecule is CC[C@H](C)[C@H](NC(=O)[C@H](Cc1ccc(O)cc1)NC(=O)[C@@H]1CCCN1C(=O)[C@H](CCCNC(=N)N)NC(=O)[C@@H]1CCCN1C(=O)[C@H](CCCCN)NC(=O)[C@H](CC(N)=O)NC(=O)[C@H](CCC(=O)O)NC(=O)[C@H](Cc1ccc(O)cc1)NC(=O)[C@H](CC(C)C)NC(=O)[C@@H](N)CCC(=O)O)C(=O)N[C@@H](CC(C)C)C(=O)O. The Morgan fingerprint density at radius 2 is 0.908 bits per heavy atom. The molecule has 0 radical (unpaired) electrons. The van der Waals surface area contributed by atoms with E-state index in [1.54, 1.807) is 41.5 Å². The first-order valence-electron chi connectivity index (χ1n) is 36.8. The number of phenols is 2. The highest BCUT2D eigenvalue weighted by Gasteiger charge is 2.44. The van der Waals surface area contributed by atoms with Gasteiger partial charge < -0.3 is 111 Å². The summed E-state index contributed by atoms with van der Waals surface area (Å²) in [6.07, 6.45) is -2.15. The Morgan fingerprint density at radius 1 is 0.495 bits per heavy atom. The van der Waals surface area contributed by atoms with Crippen LogP contribution in [0.1, 0.15) is 162 Å². The number of unbranched alkanes of at least 4 members (excludes halogenated alkanes) is 1. The number of nitrogens with zero attached hydrogens (tertiary/aromatic N) is 2. The second kappa shape index (κ2) is 45.2. The number of carbonyl (C=O) groups is 15. The van der Waals surface area contributed by atoms with Crippen molar-refractivity contribution in [3.63, 3.8) is 0 Å². The molecule has 2 fully saturated rings. The Kier molecular flexibility index (Phi) is 37.6. The maximum absolute atomic E-state index is 15.0. The summed E-state index contributed by atoms with van der Waals surface area (Å²) in [6.45, 7) is 10.6. The molecule has 2 aliphatic heterocycles. The van der Waals surface area contributed by atoms with Crippen molar-refractivity contribution in [2.75, 3.05) is 26.2 Å². The molecule has 24 N–H and O–H groups in total. The highest BCUT2D eigenvalue weighted by molar-refractivity contribution is 6.01. The van der Waals surface area contributed by atoms with Crippen molar-refractivity contribution in [2.24, 2.45) is 40.7 Å². The summed E-state index contributed by atoms with van der Waals surface area (Å²) in [5.41, 5.74) is 23.8. The zero-order chi connectivity index (χ0) is 81.4. The molecule has 37 heteroatoms. The number of carboxylic acid groups (broad SMARTS) is 3. The summed E-state index contributed by atoms with van der Waals surface area (Å²) >= 11 is 0. The zero-order valence-corrected chi connectivity index (χ0v) is 62.6. The van der Waals surface area contributed by atoms with Gasteiger partial charge in [-0.2, -0.15) is 0 Å². The van der Waals surface area contributed by atoms with Gasteiger partial charge in [0.15, 0.2) is 5.96 Å². The van der Waals surface area contributed by atoms with E-state index in [9.17, 15) is 87.5 Å². The summed E-state index contributed by atoms with van der Waals surface area (Å²) in [5.74, 6) is -16.7. The second-order valence-electron chi connectivity index (χ2n) is 28.5. The minimum Gasteiger partial charge on any atom is -0.508 e. The Labute approximate surface area is 632 Å². The number of phenolic OH excluding ortho intramolecular Hbond substituents is 2. The molecular formula is C72H111N17O20. The number of benzene rings is 2. The number of aliphatic carboxylic acids is 3. The summed E-state index contributed by atoms with van der Waals surface area (Å²) < 4.78 is 0. The number of guanidine groups is 1. The van der Waals surface area contributed by atoms with Crippen LogP contribution in [0.3, 0.4) is 0 Å². The first-order valence-corrected chi connectivity index (χ1v) is 36.8. The topological polar surface area (TPSA) is 612 Å². The number of nitrogens with two attached hydrogens (primary N) is 4. The molecule has 109 heavy (non-hydrogen) atoms. The number of primary amides is 1. The van der Waals surface area contributed by atoms with Gasteiger partial charge >= 0.3 is 17.9 Å². The molecular weight excluding hydrogens is 1420 g/mol. The fourth-order valence-corrected chi connectivity index (χ4v) is 12.6. The molecule has 0 unspecified atom stereocenters. The molecule has 0 saturated carbocycles. The number of carbonyl (C=O) groups excluding carboxylic acids is 12. The van der Waals surface area contributed by atoms with Crippen LogP contribution in [0.15, 0.2) is 48.5 Å². The van der Waals surface area contributed by atoms with E-state index < -0.39 is 199 Å². The largest absolute Gasteiger partial charge is 0.508 e. The lowest BCUT2D eigenvalue weighted by Crippen LogP contribution is -2.61. The maximum atomic E-state index is 15.0. The molecule has 0 aromatic heterocycles. The molecule has 0 aliphatic carbocycles. The molecule has 2 aromatic rings. The highest BCUT2D eigenvalue weighted by atomic mass is 16.4. The number of aromatic hydroxyl groups is 2. The standard InChI is InChI=1S/C72H111N17O20/c1-7-40(6)59(68(105)86-53(71(108)109)34-39(4)5)87-65(102)51(36-42-19-23-44(91)24-20-42)85-67(104)55-16-12-32-89(55)70(107)48(14-10-30-78-72(76)77)81-66(103)54-15-11-31-88(54)69(106)47(13-8-9-29-73)80-64(101)52(37-56(75)92)84-61(98)46(26-28-58(95)96)79-63(100)50(35-41-17-21-43(90)22-18-41)83-62(99)49(33-38(2)3)82-60(97)45(74)25-27-57(93)94/h17-24,38-40,45-55,59,90-91H,7-16,25-37,73-74H2,1-6H3,(H2,75,92)(H,79,100)(H,80,101)(H,81,103)(H,82,97)(H,83,99)(H,84,98)(H,85,104)(H,86,105)(H,87,102)(H,93,94)(H,95,96)(H,108,109)(H4,76,77,78)/t40-,45-,46-,47-,48-,49-,50-,51-,52-,53-,54-,55-,59-/m0/s1. The van der Waals surface area contributed by atoms with E-state index in [1.807, 2.05) is 0 Å². The number of hydrogen-bond acceptors (Lipinski definition) is 20. The van der Waals surface area contributed by atoms with Gasteiger partial charge in [0.2, 0.25) is 70.9 Å². The number of likely N-dealkylation sites (tertiary alicyclic amines) is 2. The number of nitrogens with one attached hydrogen (secondary N) is 11. The van der Waals surface area contributed by atoms with Gasteiger partial charge in [-0.25, -0.2) is 4.79 Å². The van der Waals surface area contributed by atoms with Gasteiger partial charge in [-0.1, -0.05) is 72.2 Å². The highest BCUT2D eigenvalue weighted by Crippen LogP contribution is 2.25. The van der Waals surface area contributed by atoms with Crippen LogP contribution in [-0.4, -0.2) is 229 Å². The Morgan fingerprint density at radius 3 is 1.39 bits per heavy atom. The molecule has 12 amide bonds. The lowest BCUT2D eigenvalue weighted by atomic mass is 9.96. The number of amides is 12. The predicted octanol–water partition coefficient (Wildman–Crippen LogP) is -2.22. The lowest BCUT2D eigenvalue weighted by molar-refractivity contribution is -0.145. The average molecular weight is 1530 g/mol. The van der Waals surface area contributed by atoms with Gasteiger partial charge in [-0.05, 0) is 143 Å². The monoisotopic (exact) mass is 1530 g/mol. The van der Waals surface area contributed by atoms with Crippen LogP contribution in [0.5, 0.6) is 11.5 Å². The average Bonchev–Trinajstić information content (AvgIpc) is 1.73.